The standard InChI is InChI=1S/C16H23ClN2O3/c1-3-7-16(22,8-4-2)10-14(20)19-11-5-6-12(15(18)21)13(17)9-11/h5-6,9,22H,3-4,7-8,10H2,1-2H3,(H2,18,21)(H,19,20). The lowest BCUT2D eigenvalue weighted by Crippen LogP contribution is -2.33. The van der Waals surface area contributed by atoms with E-state index in [4.69, 9.17) is 17.3 Å². The summed E-state index contributed by atoms with van der Waals surface area (Å²) in [6.45, 7) is 3.95. The maximum absolute atomic E-state index is 12.1. The van der Waals surface area contributed by atoms with Gasteiger partial charge in [0, 0.05) is 5.69 Å². The Bertz CT molecular complexity index is 540. The molecule has 122 valence electrons. The van der Waals surface area contributed by atoms with Crippen LogP contribution in [0.4, 0.5) is 5.69 Å². The predicted octanol–water partition coefficient (Wildman–Crippen LogP) is 3.10. The first kappa shape index (κ1) is 18.5. The van der Waals surface area contributed by atoms with Gasteiger partial charge in [-0.25, -0.2) is 0 Å². The van der Waals surface area contributed by atoms with Crippen LogP contribution in [0.1, 0.15) is 56.3 Å². The summed E-state index contributed by atoms with van der Waals surface area (Å²) in [5.41, 5.74) is 4.86. The number of rotatable bonds is 8. The number of hydrogen-bond donors (Lipinski definition) is 3. The van der Waals surface area contributed by atoms with Crippen LogP contribution in [0, 0.1) is 0 Å². The van der Waals surface area contributed by atoms with E-state index in [2.05, 4.69) is 5.32 Å². The first-order valence-electron chi connectivity index (χ1n) is 7.43. The van der Waals surface area contributed by atoms with E-state index in [1.54, 1.807) is 6.07 Å². The number of primary amides is 1. The molecule has 0 heterocycles. The maximum Gasteiger partial charge on any atom is 0.250 e. The molecule has 0 saturated carbocycles. The van der Waals surface area contributed by atoms with E-state index >= 15 is 0 Å². The summed E-state index contributed by atoms with van der Waals surface area (Å²) >= 11 is 5.94. The molecule has 0 aliphatic rings. The Hall–Kier alpha value is -1.59. The summed E-state index contributed by atoms with van der Waals surface area (Å²) in [5, 5.41) is 13.4. The third kappa shape index (κ3) is 5.31. The SMILES string of the molecule is CCCC(O)(CCC)CC(=O)Nc1ccc(C(N)=O)c(Cl)c1. The van der Waals surface area contributed by atoms with E-state index in [0.29, 0.717) is 18.5 Å². The highest BCUT2D eigenvalue weighted by atomic mass is 35.5. The van der Waals surface area contributed by atoms with E-state index in [-0.39, 0.29) is 22.9 Å². The Morgan fingerprint density at radius 2 is 1.86 bits per heavy atom. The van der Waals surface area contributed by atoms with E-state index in [1.165, 1.54) is 12.1 Å². The van der Waals surface area contributed by atoms with Crippen LogP contribution in [0.15, 0.2) is 18.2 Å². The number of nitrogens with two attached hydrogens (primary N) is 1. The number of aliphatic hydroxyl groups is 1. The minimum absolute atomic E-state index is 0.0316. The summed E-state index contributed by atoms with van der Waals surface area (Å²) in [7, 11) is 0. The molecule has 0 radical (unpaired) electrons. The summed E-state index contributed by atoms with van der Waals surface area (Å²) in [5.74, 6) is -0.907. The minimum Gasteiger partial charge on any atom is -0.389 e. The first-order chi connectivity index (χ1) is 10.3. The molecule has 6 heteroatoms. The molecule has 0 unspecified atom stereocenters. The molecule has 0 saturated heterocycles. The summed E-state index contributed by atoms with van der Waals surface area (Å²) in [6, 6.07) is 4.49. The van der Waals surface area contributed by atoms with Crippen molar-refractivity contribution in [1.29, 1.82) is 0 Å². The average Bonchev–Trinajstić information content (AvgIpc) is 2.38. The molecular formula is C16H23ClN2O3. The zero-order valence-corrected chi connectivity index (χ0v) is 13.7. The molecule has 0 aliphatic heterocycles. The fourth-order valence-corrected chi connectivity index (χ4v) is 2.80. The Morgan fingerprint density at radius 3 is 2.32 bits per heavy atom. The van der Waals surface area contributed by atoms with Crippen molar-refractivity contribution in [2.75, 3.05) is 5.32 Å². The molecule has 0 spiro atoms. The average molecular weight is 327 g/mol. The zero-order chi connectivity index (χ0) is 16.8. The first-order valence-corrected chi connectivity index (χ1v) is 7.80. The van der Waals surface area contributed by atoms with Gasteiger partial charge in [-0.05, 0) is 31.0 Å². The van der Waals surface area contributed by atoms with Crippen molar-refractivity contribution in [2.24, 2.45) is 5.73 Å². The molecule has 1 rings (SSSR count). The highest BCUT2D eigenvalue weighted by molar-refractivity contribution is 6.34. The number of amides is 2. The molecule has 0 aliphatic carbocycles. The van der Waals surface area contributed by atoms with Crippen molar-refractivity contribution in [3.63, 3.8) is 0 Å². The second-order valence-electron chi connectivity index (χ2n) is 5.51. The van der Waals surface area contributed by atoms with Crippen LogP contribution in [0.5, 0.6) is 0 Å². The Morgan fingerprint density at radius 1 is 1.27 bits per heavy atom. The smallest absolute Gasteiger partial charge is 0.250 e. The van der Waals surface area contributed by atoms with Crippen molar-refractivity contribution < 1.29 is 14.7 Å². The van der Waals surface area contributed by atoms with E-state index in [1.807, 2.05) is 13.8 Å². The molecular weight excluding hydrogens is 304 g/mol. The van der Waals surface area contributed by atoms with Crippen molar-refractivity contribution in [2.45, 2.75) is 51.6 Å². The molecule has 5 nitrogen and oxygen atoms in total. The summed E-state index contributed by atoms with van der Waals surface area (Å²) in [6.07, 6.45) is 2.81. The number of benzene rings is 1. The van der Waals surface area contributed by atoms with Gasteiger partial charge < -0.3 is 16.2 Å². The maximum atomic E-state index is 12.1. The third-order valence-corrected chi connectivity index (χ3v) is 3.75. The van der Waals surface area contributed by atoms with Crippen molar-refractivity contribution in [3.8, 4) is 0 Å². The molecule has 0 bridgehead atoms. The van der Waals surface area contributed by atoms with Crippen LogP contribution in [-0.4, -0.2) is 22.5 Å². The second-order valence-corrected chi connectivity index (χ2v) is 5.92. The number of carbonyl (C=O) groups excluding carboxylic acids is 2. The Labute approximate surface area is 135 Å². The van der Waals surface area contributed by atoms with Gasteiger partial charge in [0.25, 0.3) is 0 Å². The fraction of sp³-hybridized carbons (Fsp3) is 0.500. The summed E-state index contributed by atoms with van der Waals surface area (Å²) in [4.78, 5) is 23.2. The molecule has 22 heavy (non-hydrogen) atoms. The summed E-state index contributed by atoms with van der Waals surface area (Å²) < 4.78 is 0. The van der Waals surface area contributed by atoms with Crippen LogP contribution in [-0.2, 0) is 4.79 Å². The molecule has 0 aromatic heterocycles. The normalized spacial score (nSPS) is 11.3. The largest absolute Gasteiger partial charge is 0.389 e. The number of anilines is 1. The van der Waals surface area contributed by atoms with Crippen LogP contribution >= 0.6 is 11.6 Å². The number of hydrogen-bond acceptors (Lipinski definition) is 3. The topological polar surface area (TPSA) is 92.4 Å². The lowest BCUT2D eigenvalue weighted by Gasteiger charge is -2.26. The van der Waals surface area contributed by atoms with Crippen molar-refractivity contribution in [1.82, 2.24) is 0 Å². The van der Waals surface area contributed by atoms with Crippen LogP contribution in [0.2, 0.25) is 5.02 Å². The van der Waals surface area contributed by atoms with Crippen LogP contribution in [0.3, 0.4) is 0 Å². The highest BCUT2D eigenvalue weighted by Gasteiger charge is 2.28. The van der Waals surface area contributed by atoms with Gasteiger partial charge in [0.15, 0.2) is 0 Å². The minimum atomic E-state index is -0.982. The van der Waals surface area contributed by atoms with Gasteiger partial charge in [-0.3, -0.25) is 9.59 Å². The quantitative estimate of drug-likeness (QED) is 0.685. The lowest BCUT2D eigenvalue weighted by molar-refractivity contribution is -0.121. The lowest BCUT2D eigenvalue weighted by atomic mass is 9.89. The monoisotopic (exact) mass is 326 g/mol. The predicted molar refractivity (Wildman–Crippen MR) is 88.0 cm³/mol. The molecule has 0 fully saturated rings. The van der Waals surface area contributed by atoms with Crippen molar-refractivity contribution >= 4 is 29.1 Å². The number of carbonyl (C=O) groups is 2. The number of halogens is 1. The van der Waals surface area contributed by atoms with Crippen LogP contribution in [0.25, 0.3) is 0 Å². The van der Waals surface area contributed by atoms with E-state index < -0.39 is 11.5 Å². The van der Waals surface area contributed by atoms with Crippen LogP contribution < -0.4 is 11.1 Å². The molecule has 0 atom stereocenters. The molecule has 1 aromatic rings. The van der Waals surface area contributed by atoms with E-state index in [0.717, 1.165) is 12.8 Å². The van der Waals surface area contributed by atoms with Gasteiger partial charge in [0.05, 0.1) is 22.6 Å². The molecule has 1 aromatic carbocycles. The fourth-order valence-electron chi connectivity index (χ4n) is 2.53. The van der Waals surface area contributed by atoms with Gasteiger partial charge in [-0.15, -0.1) is 0 Å². The number of nitrogens with one attached hydrogen (secondary N) is 1. The van der Waals surface area contributed by atoms with Gasteiger partial charge in [0.2, 0.25) is 11.8 Å². The Balaban J connectivity index is 2.76. The van der Waals surface area contributed by atoms with Gasteiger partial charge >= 0.3 is 0 Å². The third-order valence-electron chi connectivity index (χ3n) is 3.44. The highest BCUT2D eigenvalue weighted by Crippen LogP contribution is 2.25. The Kier molecular flexibility index (Phi) is 6.84. The zero-order valence-electron chi connectivity index (χ0n) is 13.0. The van der Waals surface area contributed by atoms with Gasteiger partial charge in [-0.2, -0.15) is 0 Å². The van der Waals surface area contributed by atoms with Crippen molar-refractivity contribution in [3.05, 3.63) is 28.8 Å². The molecule has 2 amide bonds. The van der Waals surface area contributed by atoms with Gasteiger partial charge in [-0.1, -0.05) is 38.3 Å². The molecule has 4 N–H and O–H groups in total. The second kappa shape index (κ2) is 8.15. The van der Waals surface area contributed by atoms with E-state index in [9.17, 15) is 14.7 Å². The van der Waals surface area contributed by atoms with Gasteiger partial charge in [0.1, 0.15) is 0 Å².